The predicted octanol–water partition coefficient (Wildman–Crippen LogP) is 4.31. The maximum Gasteiger partial charge on any atom is 0.233 e. The lowest BCUT2D eigenvalue weighted by Gasteiger charge is -2.36. The number of piperazine rings is 1. The van der Waals surface area contributed by atoms with Crippen LogP contribution in [0.15, 0.2) is 84.0 Å². The second-order valence-corrected chi connectivity index (χ2v) is 9.85. The van der Waals surface area contributed by atoms with Crippen LogP contribution in [0.3, 0.4) is 0 Å². The van der Waals surface area contributed by atoms with Gasteiger partial charge in [0.25, 0.3) is 0 Å². The van der Waals surface area contributed by atoms with Crippen molar-refractivity contribution >= 4 is 23.4 Å². The molecule has 1 saturated heterocycles. The molecule has 5 rings (SSSR count). The summed E-state index contributed by atoms with van der Waals surface area (Å²) in [4.78, 5) is 17.2. The molecule has 0 atom stereocenters. The molecule has 1 aliphatic heterocycles. The number of rotatable bonds is 7. The van der Waals surface area contributed by atoms with Crippen molar-refractivity contribution in [2.45, 2.75) is 18.5 Å². The zero-order valence-electron chi connectivity index (χ0n) is 20.2. The number of carbonyl (C=O) groups excluding carboxylic acids is 1. The minimum Gasteiger partial charge on any atom is -0.508 e. The number of aromatic hydroxyl groups is 1. The molecule has 3 aromatic carbocycles. The Morgan fingerprint density at radius 2 is 1.64 bits per heavy atom. The van der Waals surface area contributed by atoms with Gasteiger partial charge in [0.05, 0.1) is 5.75 Å². The number of anilines is 1. The fraction of sp³-hybridized carbons (Fsp3) is 0.250. The SMILES string of the molecule is Cc1cccc(-n2c(Cc3ccccc3)nnc2SCC(=O)N2CCN(c3ccc(O)cc3)CC2)c1. The Morgan fingerprint density at radius 1 is 0.889 bits per heavy atom. The van der Waals surface area contributed by atoms with Crippen molar-refractivity contribution in [2.75, 3.05) is 36.8 Å². The zero-order chi connectivity index (χ0) is 24.9. The van der Waals surface area contributed by atoms with Gasteiger partial charge in [-0.25, -0.2) is 0 Å². The molecular formula is C28H29N5O2S. The quantitative estimate of drug-likeness (QED) is 0.382. The van der Waals surface area contributed by atoms with Gasteiger partial charge >= 0.3 is 0 Å². The van der Waals surface area contributed by atoms with E-state index < -0.39 is 0 Å². The van der Waals surface area contributed by atoms with Crippen LogP contribution >= 0.6 is 11.8 Å². The molecule has 8 heteroatoms. The number of phenolic OH excluding ortho intramolecular Hbond substituents is 1. The number of carbonyl (C=O) groups is 1. The van der Waals surface area contributed by atoms with Gasteiger partial charge < -0.3 is 14.9 Å². The van der Waals surface area contributed by atoms with Crippen LogP contribution in [-0.2, 0) is 11.2 Å². The van der Waals surface area contributed by atoms with E-state index in [1.165, 1.54) is 11.8 Å². The van der Waals surface area contributed by atoms with Gasteiger partial charge in [0, 0.05) is 44.0 Å². The Morgan fingerprint density at radius 3 is 2.36 bits per heavy atom. The third-order valence-electron chi connectivity index (χ3n) is 6.34. The molecule has 0 spiro atoms. The van der Waals surface area contributed by atoms with Crippen molar-refractivity contribution in [3.8, 4) is 11.4 Å². The van der Waals surface area contributed by atoms with Gasteiger partial charge in [-0.05, 0) is 54.4 Å². The summed E-state index contributed by atoms with van der Waals surface area (Å²) in [6.07, 6.45) is 0.662. The fourth-order valence-electron chi connectivity index (χ4n) is 4.41. The molecule has 0 bridgehead atoms. The number of hydrogen-bond acceptors (Lipinski definition) is 6. The molecule has 4 aromatic rings. The van der Waals surface area contributed by atoms with Crippen LogP contribution in [0.4, 0.5) is 5.69 Å². The minimum atomic E-state index is 0.105. The van der Waals surface area contributed by atoms with Crippen molar-refractivity contribution in [3.63, 3.8) is 0 Å². The summed E-state index contributed by atoms with van der Waals surface area (Å²) >= 11 is 1.44. The smallest absolute Gasteiger partial charge is 0.233 e. The van der Waals surface area contributed by atoms with Crippen LogP contribution in [0, 0.1) is 6.92 Å². The molecule has 184 valence electrons. The standard InChI is InChI=1S/C28H29N5O2S/c1-21-6-5-9-24(18-21)33-26(19-22-7-3-2-4-8-22)29-30-28(33)36-20-27(35)32-16-14-31(15-17-32)23-10-12-25(34)13-11-23/h2-13,18,34H,14-17,19-20H2,1H3. The van der Waals surface area contributed by atoms with Crippen molar-refractivity contribution < 1.29 is 9.90 Å². The third kappa shape index (κ3) is 5.54. The Balaban J connectivity index is 1.27. The van der Waals surface area contributed by atoms with E-state index in [0.29, 0.717) is 25.3 Å². The van der Waals surface area contributed by atoms with E-state index in [2.05, 4.69) is 56.9 Å². The molecule has 1 fully saturated rings. The maximum absolute atomic E-state index is 13.1. The lowest BCUT2D eigenvalue weighted by molar-refractivity contribution is -0.128. The number of aromatic nitrogens is 3. The molecule has 0 aliphatic carbocycles. The molecule has 1 aliphatic rings. The van der Waals surface area contributed by atoms with Crippen molar-refractivity contribution in [1.29, 1.82) is 0 Å². The fourth-order valence-corrected chi connectivity index (χ4v) is 5.28. The first-order chi connectivity index (χ1) is 17.6. The Hall–Kier alpha value is -3.78. The Bertz CT molecular complexity index is 1320. The first kappa shape index (κ1) is 23.9. The average molecular weight is 500 g/mol. The van der Waals surface area contributed by atoms with Gasteiger partial charge in [0.15, 0.2) is 5.16 Å². The molecule has 2 heterocycles. The number of phenols is 1. The number of nitrogens with zero attached hydrogens (tertiary/aromatic N) is 5. The lowest BCUT2D eigenvalue weighted by Crippen LogP contribution is -2.49. The number of aryl methyl sites for hydroxylation is 1. The molecule has 0 saturated carbocycles. The highest BCUT2D eigenvalue weighted by Crippen LogP contribution is 2.25. The van der Waals surface area contributed by atoms with Crippen molar-refractivity contribution in [3.05, 3.63) is 95.8 Å². The summed E-state index contributed by atoms with van der Waals surface area (Å²) in [5.74, 6) is 1.53. The highest BCUT2D eigenvalue weighted by atomic mass is 32.2. The van der Waals surface area contributed by atoms with Crippen LogP contribution in [0.25, 0.3) is 5.69 Å². The summed E-state index contributed by atoms with van der Waals surface area (Å²) in [6, 6.07) is 25.7. The van der Waals surface area contributed by atoms with E-state index in [-0.39, 0.29) is 11.7 Å². The summed E-state index contributed by atoms with van der Waals surface area (Å²) in [5.41, 5.74) is 4.39. The minimum absolute atomic E-state index is 0.105. The van der Waals surface area contributed by atoms with Gasteiger partial charge in [-0.3, -0.25) is 9.36 Å². The monoisotopic (exact) mass is 499 g/mol. The third-order valence-corrected chi connectivity index (χ3v) is 7.25. The molecule has 36 heavy (non-hydrogen) atoms. The molecule has 0 radical (unpaired) electrons. The van der Waals surface area contributed by atoms with E-state index in [0.717, 1.165) is 46.6 Å². The highest BCUT2D eigenvalue weighted by molar-refractivity contribution is 7.99. The second-order valence-electron chi connectivity index (χ2n) is 8.91. The van der Waals surface area contributed by atoms with E-state index in [1.807, 2.05) is 41.3 Å². The second kappa shape index (κ2) is 10.9. The van der Waals surface area contributed by atoms with Crippen molar-refractivity contribution in [2.24, 2.45) is 0 Å². The Kier molecular flexibility index (Phi) is 7.23. The van der Waals surface area contributed by atoms with Gasteiger partial charge in [-0.1, -0.05) is 54.2 Å². The molecular weight excluding hydrogens is 470 g/mol. The molecule has 1 aromatic heterocycles. The van der Waals surface area contributed by atoms with Crippen LogP contribution in [-0.4, -0.2) is 62.6 Å². The van der Waals surface area contributed by atoms with Gasteiger partial charge in [-0.2, -0.15) is 0 Å². The van der Waals surface area contributed by atoms with Crippen LogP contribution in [0.5, 0.6) is 5.75 Å². The largest absolute Gasteiger partial charge is 0.508 e. The lowest BCUT2D eigenvalue weighted by atomic mass is 10.1. The molecule has 0 unspecified atom stereocenters. The predicted molar refractivity (Wildman–Crippen MR) is 143 cm³/mol. The first-order valence-corrected chi connectivity index (χ1v) is 13.1. The van der Waals surface area contributed by atoms with Gasteiger partial charge in [-0.15, -0.1) is 10.2 Å². The topological polar surface area (TPSA) is 74.5 Å². The summed E-state index contributed by atoms with van der Waals surface area (Å²) in [6.45, 7) is 4.94. The van der Waals surface area contributed by atoms with E-state index in [1.54, 1.807) is 12.1 Å². The molecule has 1 amide bonds. The van der Waals surface area contributed by atoms with E-state index in [9.17, 15) is 9.90 Å². The average Bonchev–Trinajstić information content (AvgIpc) is 3.30. The summed E-state index contributed by atoms with van der Waals surface area (Å²) < 4.78 is 2.07. The maximum atomic E-state index is 13.1. The van der Waals surface area contributed by atoms with Crippen LogP contribution in [0.2, 0.25) is 0 Å². The molecule has 7 nitrogen and oxygen atoms in total. The van der Waals surface area contributed by atoms with Crippen LogP contribution in [0.1, 0.15) is 17.0 Å². The van der Waals surface area contributed by atoms with Crippen molar-refractivity contribution in [1.82, 2.24) is 19.7 Å². The zero-order valence-corrected chi connectivity index (χ0v) is 21.1. The van der Waals surface area contributed by atoms with E-state index >= 15 is 0 Å². The number of amides is 1. The van der Waals surface area contributed by atoms with Gasteiger partial charge in [0.2, 0.25) is 5.91 Å². The van der Waals surface area contributed by atoms with Crippen LogP contribution < -0.4 is 4.90 Å². The summed E-state index contributed by atoms with van der Waals surface area (Å²) in [7, 11) is 0. The molecule has 1 N–H and O–H groups in total. The van der Waals surface area contributed by atoms with E-state index in [4.69, 9.17) is 0 Å². The first-order valence-electron chi connectivity index (χ1n) is 12.1. The number of benzene rings is 3. The highest BCUT2D eigenvalue weighted by Gasteiger charge is 2.23. The number of hydrogen-bond donors (Lipinski definition) is 1. The van der Waals surface area contributed by atoms with Gasteiger partial charge in [0.1, 0.15) is 11.6 Å². The normalized spacial score (nSPS) is 13.7. The Labute approximate surface area is 215 Å². The summed E-state index contributed by atoms with van der Waals surface area (Å²) in [5, 5.41) is 19.2. The number of thioether (sulfide) groups is 1.